The lowest BCUT2D eigenvalue weighted by Gasteiger charge is -2.17. The van der Waals surface area contributed by atoms with Crippen molar-refractivity contribution in [3.8, 4) is 0 Å². The molecule has 0 radical (unpaired) electrons. The Morgan fingerprint density at radius 2 is 2.29 bits per heavy atom. The van der Waals surface area contributed by atoms with E-state index in [0.717, 1.165) is 24.3 Å². The molecule has 0 spiro atoms. The van der Waals surface area contributed by atoms with Gasteiger partial charge in [-0.2, -0.15) is 0 Å². The second kappa shape index (κ2) is 5.19. The van der Waals surface area contributed by atoms with E-state index < -0.39 is 0 Å². The van der Waals surface area contributed by atoms with Gasteiger partial charge < -0.3 is 14.7 Å². The van der Waals surface area contributed by atoms with Crippen LogP contribution in [0.2, 0.25) is 0 Å². The standard InChI is InChI=1S/C13H19N3O/c1-10(5-6-12-4-3-7-17-12)16-9-15-8-13(16)11(2)14/h3-4,7-11H,5-6,14H2,1-2H3/t10?,11-/m1/s1. The van der Waals surface area contributed by atoms with Crippen molar-refractivity contribution < 1.29 is 4.42 Å². The van der Waals surface area contributed by atoms with Crippen LogP contribution in [0.5, 0.6) is 0 Å². The Morgan fingerprint density at radius 3 is 2.94 bits per heavy atom. The Morgan fingerprint density at radius 1 is 1.47 bits per heavy atom. The molecule has 2 N–H and O–H groups in total. The zero-order chi connectivity index (χ0) is 12.3. The van der Waals surface area contributed by atoms with Crippen molar-refractivity contribution in [1.29, 1.82) is 0 Å². The van der Waals surface area contributed by atoms with E-state index in [9.17, 15) is 0 Å². The van der Waals surface area contributed by atoms with Gasteiger partial charge >= 0.3 is 0 Å². The number of hydrogen-bond acceptors (Lipinski definition) is 3. The number of aryl methyl sites for hydroxylation is 1. The third-order valence-electron chi connectivity index (χ3n) is 3.03. The maximum absolute atomic E-state index is 5.91. The van der Waals surface area contributed by atoms with Crippen LogP contribution in [-0.4, -0.2) is 9.55 Å². The van der Waals surface area contributed by atoms with Crippen molar-refractivity contribution in [2.75, 3.05) is 0 Å². The van der Waals surface area contributed by atoms with Crippen LogP contribution in [0, 0.1) is 0 Å². The Balaban J connectivity index is 1.99. The van der Waals surface area contributed by atoms with Gasteiger partial charge in [-0.15, -0.1) is 0 Å². The van der Waals surface area contributed by atoms with E-state index in [1.807, 2.05) is 31.6 Å². The second-order valence-corrected chi connectivity index (χ2v) is 4.48. The summed E-state index contributed by atoms with van der Waals surface area (Å²) in [6.45, 7) is 4.16. The van der Waals surface area contributed by atoms with Gasteiger partial charge in [-0.1, -0.05) is 0 Å². The number of aromatic nitrogens is 2. The Kier molecular flexibility index (Phi) is 3.64. The molecule has 0 aliphatic carbocycles. The van der Waals surface area contributed by atoms with Gasteiger partial charge in [0, 0.05) is 24.7 Å². The smallest absolute Gasteiger partial charge is 0.103 e. The summed E-state index contributed by atoms with van der Waals surface area (Å²) in [4.78, 5) is 4.17. The number of hydrogen-bond donors (Lipinski definition) is 1. The number of nitrogens with zero attached hydrogens (tertiary/aromatic N) is 2. The molecule has 2 aromatic rings. The number of nitrogens with two attached hydrogens (primary N) is 1. The fourth-order valence-corrected chi connectivity index (χ4v) is 1.98. The zero-order valence-electron chi connectivity index (χ0n) is 10.3. The number of furan rings is 1. The molecule has 92 valence electrons. The average Bonchev–Trinajstić information content (AvgIpc) is 2.96. The van der Waals surface area contributed by atoms with E-state index in [2.05, 4.69) is 16.5 Å². The van der Waals surface area contributed by atoms with Crippen LogP contribution in [0.15, 0.2) is 35.3 Å². The molecule has 0 aromatic carbocycles. The van der Waals surface area contributed by atoms with Gasteiger partial charge in [0.15, 0.2) is 0 Å². The van der Waals surface area contributed by atoms with Gasteiger partial charge in [-0.05, 0) is 32.4 Å². The second-order valence-electron chi connectivity index (χ2n) is 4.48. The van der Waals surface area contributed by atoms with Crippen LogP contribution in [0.4, 0.5) is 0 Å². The van der Waals surface area contributed by atoms with Crippen molar-refractivity contribution in [1.82, 2.24) is 9.55 Å². The van der Waals surface area contributed by atoms with Crippen LogP contribution >= 0.6 is 0 Å². The van der Waals surface area contributed by atoms with Gasteiger partial charge in [0.2, 0.25) is 0 Å². The Hall–Kier alpha value is -1.55. The Bertz CT molecular complexity index is 445. The normalized spacial score (nSPS) is 14.8. The topological polar surface area (TPSA) is 57.0 Å². The molecule has 2 atom stereocenters. The van der Waals surface area contributed by atoms with Gasteiger partial charge in [0.05, 0.1) is 18.3 Å². The third kappa shape index (κ3) is 2.77. The van der Waals surface area contributed by atoms with Gasteiger partial charge in [0.1, 0.15) is 5.76 Å². The first kappa shape index (κ1) is 11.9. The summed E-state index contributed by atoms with van der Waals surface area (Å²) in [5.74, 6) is 1.03. The highest BCUT2D eigenvalue weighted by molar-refractivity contribution is 5.05. The molecule has 0 bridgehead atoms. The Labute approximate surface area is 101 Å². The first-order valence-electron chi connectivity index (χ1n) is 5.98. The highest BCUT2D eigenvalue weighted by Gasteiger charge is 2.12. The molecular weight excluding hydrogens is 214 g/mol. The van der Waals surface area contributed by atoms with Crippen molar-refractivity contribution in [2.45, 2.75) is 38.8 Å². The molecule has 0 aliphatic heterocycles. The molecule has 0 amide bonds. The van der Waals surface area contributed by atoms with Crippen LogP contribution in [-0.2, 0) is 6.42 Å². The number of imidazole rings is 1. The highest BCUT2D eigenvalue weighted by atomic mass is 16.3. The molecule has 1 unspecified atom stereocenters. The molecule has 0 saturated carbocycles. The largest absolute Gasteiger partial charge is 0.469 e. The third-order valence-corrected chi connectivity index (χ3v) is 3.03. The van der Waals surface area contributed by atoms with Crippen molar-refractivity contribution in [3.05, 3.63) is 42.4 Å². The SMILES string of the molecule is CC(CCc1ccco1)n1cncc1[C@@H](C)N. The minimum absolute atomic E-state index is 0.0172. The molecule has 2 aromatic heterocycles. The lowest BCUT2D eigenvalue weighted by Crippen LogP contribution is -2.15. The summed E-state index contributed by atoms with van der Waals surface area (Å²) in [6.07, 6.45) is 7.36. The molecule has 2 rings (SSSR count). The quantitative estimate of drug-likeness (QED) is 0.863. The lowest BCUT2D eigenvalue weighted by atomic mass is 10.1. The van der Waals surface area contributed by atoms with Gasteiger partial charge in [-0.25, -0.2) is 4.98 Å². The lowest BCUT2D eigenvalue weighted by molar-refractivity contribution is 0.441. The molecular formula is C13H19N3O. The van der Waals surface area contributed by atoms with E-state index in [4.69, 9.17) is 10.2 Å². The molecule has 4 heteroatoms. The van der Waals surface area contributed by atoms with E-state index in [0.29, 0.717) is 6.04 Å². The number of rotatable bonds is 5. The molecule has 0 aliphatic rings. The van der Waals surface area contributed by atoms with Gasteiger partial charge in [-0.3, -0.25) is 0 Å². The first-order valence-corrected chi connectivity index (χ1v) is 5.98. The predicted octanol–water partition coefficient (Wildman–Crippen LogP) is 2.69. The monoisotopic (exact) mass is 233 g/mol. The first-order chi connectivity index (χ1) is 8.18. The van der Waals surface area contributed by atoms with Crippen LogP contribution in [0.25, 0.3) is 0 Å². The molecule has 0 fully saturated rings. The van der Waals surface area contributed by atoms with Gasteiger partial charge in [0.25, 0.3) is 0 Å². The summed E-state index contributed by atoms with van der Waals surface area (Å²) in [7, 11) is 0. The van der Waals surface area contributed by atoms with Crippen LogP contribution in [0.1, 0.15) is 43.8 Å². The van der Waals surface area contributed by atoms with Crippen molar-refractivity contribution in [3.63, 3.8) is 0 Å². The zero-order valence-corrected chi connectivity index (χ0v) is 10.3. The summed E-state index contributed by atoms with van der Waals surface area (Å²) in [5.41, 5.74) is 6.99. The van der Waals surface area contributed by atoms with E-state index in [-0.39, 0.29) is 6.04 Å². The van der Waals surface area contributed by atoms with Crippen molar-refractivity contribution >= 4 is 0 Å². The maximum Gasteiger partial charge on any atom is 0.103 e. The molecule has 0 saturated heterocycles. The average molecular weight is 233 g/mol. The van der Waals surface area contributed by atoms with Crippen LogP contribution in [0.3, 0.4) is 0 Å². The minimum Gasteiger partial charge on any atom is -0.469 e. The molecule has 4 nitrogen and oxygen atoms in total. The molecule has 2 heterocycles. The fraction of sp³-hybridized carbons (Fsp3) is 0.462. The summed E-state index contributed by atoms with van der Waals surface area (Å²) < 4.78 is 7.48. The van der Waals surface area contributed by atoms with E-state index >= 15 is 0 Å². The summed E-state index contributed by atoms with van der Waals surface area (Å²) in [5, 5.41) is 0. The predicted molar refractivity (Wildman–Crippen MR) is 66.6 cm³/mol. The van der Waals surface area contributed by atoms with E-state index in [1.54, 1.807) is 6.26 Å². The fourth-order valence-electron chi connectivity index (χ4n) is 1.98. The van der Waals surface area contributed by atoms with E-state index in [1.165, 1.54) is 0 Å². The summed E-state index contributed by atoms with van der Waals surface area (Å²) >= 11 is 0. The highest BCUT2D eigenvalue weighted by Crippen LogP contribution is 2.19. The van der Waals surface area contributed by atoms with Crippen LogP contribution < -0.4 is 5.73 Å². The molecule has 17 heavy (non-hydrogen) atoms. The minimum atomic E-state index is 0.0172. The maximum atomic E-state index is 5.91. The van der Waals surface area contributed by atoms with Crippen molar-refractivity contribution in [2.24, 2.45) is 5.73 Å². The summed E-state index contributed by atoms with van der Waals surface area (Å²) in [6, 6.07) is 4.32.